The number of rotatable bonds is 4. The average Bonchev–Trinajstić information content (AvgIpc) is 3.22. The molecule has 2 saturated carbocycles. The van der Waals surface area contributed by atoms with E-state index in [-0.39, 0.29) is 5.60 Å². The molecule has 2 aliphatic carbocycles. The molecule has 0 aromatic carbocycles. The highest BCUT2D eigenvalue weighted by molar-refractivity contribution is 4.93. The maximum atomic E-state index is 6.18. The molecule has 3 fully saturated rings. The van der Waals surface area contributed by atoms with Crippen molar-refractivity contribution in [3.63, 3.8) is 0 Å². The van der Waals surface area contributed by atoms with Crippen molar-refractivity contribution in [3.05, 3.63) is 12.2 Å². The van der Waals surface area contributed by atoms with Crippen molar-refractivity contribution in [2.75, 3.05) is 6.61 Å². The summed E-state index contributed by atoms with van der Waals surface area (Å²) in [5.41, 5.74) is 0.138. The van der Waals surface area contributed by atoms with Crippen LogP contribution >= 0.6 is 0 Å². The van der Waals surface area contributed by atoms with Crippen molar-refractivity contribution >= 4 is 0 Å². The van der Waals surface area contributed by atoms with Crippen molar-refractivity contribution in [1.82, 2.24) is 20.1 Å². The Hall–Kier alpha value is -0.940. The van der Waals surface area contributed by atoms with Crippen molar-refractivity contribution in [3.8, 4) is 0 Å². The molecule has 21 heavy (non-hydrogen) atoms. The first kappa shape index (κ1) is 13.7. The highest BCUT2D eigenvalue weighted by Crippen LogP contribution is 2.41. The maximum Gasteiger partial charge on any atom is 0.164 e. The lowest BCUT2D eigenvalue weighted by Gasteiger charge is -2.43. The van der Waals surface area contributed by atoms with Crippen LogP contribution in [0.3, 0.4) is 0 Å². The molecule has 1 atom stereocenters. The molecular formula is C16H26N4O. The number of hydrogen-bond acceptors (Lipinski definition) is 4. The Balaban J connectivity index is 1.40. The number of nitrogens with one attached hydrogen (secondary N) is 1. The smallest absolute Gasteiger partial charge is 0.164 e. The van der Waals surface area contributed by atoms with Gasteiger partial charge in [0.1, 0.15) is 6.33 Å². The molecule has 5 heteroatoms. The van der Waals surface area contributed by atoms with Crippen LogP contribution in [0, 0.1) is 0 Å². The van der Waals surface area contributed by atoms with Crippen LogP contribution in [0.15, 0.2) is 6.33 Å². The van der Waals surface area contributed by atoms with Crippen LogP contribution in [0.1, 0.15) is 69.7 Å². The average molecular weight is 290 g/mol. The molecular weight excluding hydrogens is 264 g/mol. The van der Waals surface area contributed by atoms with Gasteiger partial charge in [-0.15, -0.1) is 0 Å². The van der Waals surface area contributed by atoms with Gasteiger partial charge in [-0.05, 0) is 38.5 Å². The van der Waals surface area contributed by atoms with Crippen LogP contribution < -0.4 is 5.32 Å². The van der Waals surface area contributed by atoms with Crippen LogP contribution in [-0.2, 0) is 11.3 Å². The Labute approximate surface area is 126 Å². The summed E-state index contributed by atoms with van der Waals surface area (Å²) in [6, 6.07) is 1.18. The summed E-state index contributed by atoms with van der Waals surface area (Å²) in [5.74, 6) is 0.936. The fourth-order valence-electron chi connectivity index (χ4n) is 3.86. The van der Waals surface area contributed by atoms with Crippen LogP contribution in [-0.4, -0.2) is 33.0 Å². The van der Waals surface area contributed by atoms with Crippen LogP contribution in [0.5, 0.6) is 0 Å². The van der Waals surface area contributed by atoms with Crippen molar-refractivity contribution in [1.29, 1.82) is 0 Å². The van der Waals surface area contributed by atoms with Gasteiger partial charge < -0.3 is 10.1 Å². The molecule has 0 amide bonds. The lowest BCUT2D eigenvalue weighted by atomic mass is 9.78. The second kappa shape index (κ2) is 5.69. The number of hydrogen-bond donors (Lipinski definition) is 1. The molecule has 1 spiro atoms. The SMILES string of the molecule is c1nc(CNC2CC2)nn1C1CCOC2(CCCCC2)C1. The van der Waals surface area contributed by atoms with E-state index in [1.54, 1.807) is 0 Å². The summed E-state index contributed by atoms with van der Waals surface area (Å²) in [6.07, 6.45) is 13.2. The van der Waals surface area contributed by atoms with Crippen molar-refractivity contribution in [2.45, 2.75) is 82.0 Å². The van der Waals surface area contributed by atoms with E-state index in [9.17, 15) is 0 Å². The molecule has 1 aliphatic heterocycles. The van der Waals surface area contributed by atoms with E-state index in [1.807, 2.05) is 6.33 Å². The Kier molecular flexibility index (Phi) is 3.71. The fraction of sp³-hybridized carbons (Fsp3) is 0.875. The zero-order valence-electron chi connectivity index (χ0n) is 12.8. The first-order valence-electron chi connectivity index (χ1n) is 8.60. The quantitative estimate of drug-likeness (QED) is 0.926. The van der Waals surface area contributed by atoms with E-state index in [0.29, 0.717) is 12.1 Å². The number of ether oxygens (including phenoxy) is 1. The Morgan fingerprint density at radius 3 is 2.90 bits per heavy atom. The molecule has 0 bridgehead atoms. The van der Waals surface area contributed by atoms with Gasteiger partial charge in [0, 0.05) is 12.6 Å². The summed E-state index contributed by atoms with van der Waals surface area (Å²) < 4.78 is 8.28. The summed E-state index contributed by atoms with van der Waals surface area (Å²) in [6.45, 7) is 1.69. The van der Waals surface area contributed by atoms with Gasteiger partial charge in [0.25, 0.3) is 0 Å². The standard InChI is InChI=1S/C16H26N4O/c1-2-7-16(8-3-1)10-14(6-9-21-16)20-12-18-15(19-20)11-17-13-4-5-13/h12-14,17H,1-11H2. The Morgan fingerprint density at radius 2 is 2.10 bits per heavy atom. The second-order valence-corrected chi connectivity index (χ2v) is 7.03. The largest absolute Gasteiger partial charge is 0.375 e. The van der Waals surface area contributed by atoms with E-state index in [0.717, 1.165) is 31.8 Å². The van der Waals surface area contributed by atoms with Gasteiger partial charge in [-0.1, -0.05) is 19.3 Å². The summed E-state index contributed by atoms with van der Waals surface area (Å²) >= 11 is 0. The predicted octanol–water partition coefficient (Wildman–Crippen LogP) is 2.58. The van der Waals surface area contributed by atoms with Gasteiger partial charge in [0.15, 0.2) is 5.82 Å². The van der Waals surface area contributed by atoms with E-state index in [4.69, 9.17) is 9.84 Å². The maximum absolute atomic E-state index is 6.18. The fourth-order valence-corrected chi connectivity index (χ4v) is 3.86. The lowest BCUT2D eigenvalue weighted by molar-refractivity contribution is -0.115. The van der Waals surface area contributed by atoms with Crippen LogP contribution in [0.2, 0.25) is 0 Å². The summed E-state index contributed by atoms with van der Waals surface area (Å²) in [5, 5.41) is 8.18. The molecule has 1 saturated heterocycles. The predicted molar refractivity (Wildman–Crippen MR) is 79.9 cm³/mol. The molecule has 1 aromatic rings. The molecule has 1 N–H and O–H groups in total. The van der Waals surface area contributed by atoms with Gasteiger partial charge >= 0.3 is 0 Å². The first-order valence-corrected chi connectivity index (χ1v) is 8.60. The molecule has 4 rings (SSSR count). The topological polar surface area (TPSA) is 52.0 Å². The van der Waals surface area contributed by atoms with E-state index < -0.39 is 0 Å². The third-order valence-electron chi connectivity index (χ3n) is 5.29. The van der Waals surface area contributed by atoms with Gasteiger partial charge in [-0.2, -0.15) is 5.10 Å². The first-order chi connectivity index (χ1) is 10.3. The third kappa shape index (κ3) is 3.14. The zero-order valence-corrected chi connectivity index (χ0v) is 12.8. The van der Waals surface area contributed by atoms with Crippen LogP contribution in [0.4, 0.5) is 0 Å². The van der Waals surface area contributed by atoms with E-state index in [1.165, 1.54) is 44.9 Å². The number of nitrogens with zero attached hydrogens (tertiary/aromatic N) is 3. The highest BCUT2D eigenvalue weighted by atomic mass is 16.5. The van der Waals surface area contributed by atoms with Gasteiger partial charge in [-0.3, -0.25) is 0 Å². The normalized spacial score (nSPS) is 28.9. The Bertz CT molecular complexity index is 471. The summed E-state index contributed by atoms with van der Waals surface area (Å²) in [7, 11) is 0. The minimum atomic E-state index is 0.138. The van der Waals surface area contributed by atoms with Gasteiger partial charge in [0.05, 0.1) is 18.2 Å². The molecule has 1 aromatic heterocycles. The minimum absolute atomic E-state index is 0.138. The monoisotopic (exact) mass is 290 g/mol. The van der Waals surface area contributed by atoms with Gasteiger partial charge in [-0.25, -0.2) is 9.67 Å². The molecule has 0 radical (unpaired) electrons. The Morgan fingerprint density at radius 1 is 1.24 bits per heavy atom. The van der Waals surface area contributed by atoms with Crippen molar-refractivity contribution in [2.24, 2.45) is 0 Å². The highest BCUT2D eigenvalue weighted by Gasteiger charge is 2.39. The second-order valence-electron chi connectivity index (χ2n) is 7.03. The van der Waals surface area contributed by atoms with Crippen LogP contribution in [0.25, 0.3) is 0 Å². The molecule has 116 valence electrons. The van der Waals surface area contributed by atoms with E-state index >= 15 is 0 Å². The molecule has 2 heterocycles. The zero-order chi connectivity index (χ0) is 14.1. The van der Waals surface area contributed by atoms with Crippen molar-refractivity contribution < 1.29 is 4.74 Å². The third-order valence-corrected chi connectivity index (χ3v) is 5.29. The molecule has 5 nitrogen and oxygen atoms in total. The lowest BCUT2D eigenvalue weighted by Crippen LogP contribution is -2.42. The van der Waals surface area contributed by atoms with Gasteiger partial charge in [0.2, 0.25) is 0 Å². The molecule has 1 unspecified atom stereocenters. The minimum Gasteiger partial charge on any atom is -0.375 e. The summed E-state index contributed by atoms with van der Waals surface area (Å²) in [4.78, 5) is 4.47. The molecule has 3 aliphatic rings. The number of aromatic nitrogens is 3. The van der Waals surface area contributed by atoms with E-state index in [2.05, 4.69) is 15.0 Å².